The van der Waals surface area contributed by atoms with Crippen molar-refractivity contribution in [3.63, 3.8) is 0 Å². The molecule has 192 valence electrons. The number of nitrogens with one attached hydrogen (secondary N) is 1. The lowest BCUT2D eigenvalue weighted by Crippen LogP contribution is -2.81. The fraction of sp³-hybridized carbons (Fsp3) is 0.467. The molecule has 2 saturated carbocycles. The van der Waals surface area contributed by atoms with Gasteiger partial charge >= 0.3 is 0 Å². The van der Waals surface area contributed by atoms with E-state index in [0.29, 0.717) is 29.4 Å². The highest BCUT2D eigenvalue weighted by atomic mass is 35.5. The minimum Gasteiger partial charge on any atom is -0.493 e. The van der Waals surface area contributed by atoms with Crippen molar-refractivity contribution in [1.82, 2.24) is 10.2 Å². The first-order valence-corrected chi connectivity index (χ1v) is 13.7. The van der Waals surface area contributed by atoms with Crippen LogP contribution in [0.2, 0.25) is 5.02 Å². The van der Waals surface area contributed by atoms with Crippen molar-refractivity contribution >= 4 is 29.4 Å². The fourth-order valence-corrected chi connectivity index (χ4v) is 7.95. The molecule has 1 amide bonds. The first kappa shape index (κ1) is 23.3. The number of carbonyl (C=O) groups is 2. The topological polar surface area (TPSA) is 67.9 Å². The van der Waals surface area contributed by atoms with E-state index in [0.717, 1.165) is 43.0 Å². The highest BCUT2D eigenvalue weighted by molar-refractivity contribution is 6.32. The van der Waals surface area contributed by atoms with E-state index < -0.39 is 17.1 Å². The van der Waals surface area contributed by atoms with Gasteiger partial charge in [0.1, 0.15) is 0 Å². The smallest absolute Gasteiger partial charge is 0.244 e. The number of halogens is 1. The molecule has 1 N–H and O–H groups in total. The van der Waals surface area contributed by atoms with Gasteiger partial charge in [-0.3, -0.25) is 14.5 Å². The van der Waals surface area contributed by atoms with Crippen LogP contribution in [0.1, 0.15) is 48.8 Å². The molecule has 2 aromatic carbocycles. The third-order valence-corrected chi connectivity index (χ3v) is 9.83. The third-order valence-electron chi connectivity index (χ3n) is 9.48. The van der Waals surface area contributed by atoms with Crippen LogP contribution in [0.3, 0.4) is 0 Å². The predicted molar refractivity (Wildman–Crippen MR) is 141 cm³/mol. The predicted octanol–water partition coefficient (Wildman–Crippen LogP) is 4.32. The zero-order valence-corrected chi connectivity index (χ0v) is 21.7. The number of likely N-dealkylation sites (tertiary alicyclic amines) is 1. The zero-order valence-electron chi connectivity index (χ0n) is 21.0. The second-order valence-electron chi connectivity index (χ2n) is 11.3. The van der Waals surface area contributed by atoms with Crippen molar-refractivity contribution < 1.29 is 19.1 Å². The zero-order chi connectivity index (χ0) is 25.4. The van der Waals surface area contributed by atoms with Crippen molar-refractivity contribution in [3.8, 4) is 11.5 Å². The van der Waals surface area contributed by atoms with E-state index in [2.05, 4.69) is 16.3 Å². The van der Waals surface area contributed by atoms with Crippen LogP contribution in [0.15, 0.2) is 42.5 Å². The summed E-state index contributed by atoms with van der Waals surface area (Å²) in [6.45, 7) is 1.95. The number of benzene rings is 2. The van der Waals surface area contributed by atoms with Crippen molar-refractivity contribution in [1.29, 1.82) is 0 Å². The van der Waals surface area contributed by atoms with Gasteiger partial charge in [0.15, 0.2) is 23.4 Å². The largest absolute Gasteiger partial charge is 0.493 e. The monoisotopic (exact) mass is 518 g/mol. The SMILES string of the molecule is COc1ccc2c3c1O[C@H]1C(=O)CC[C@@]4(NC(=O)/C=C/c5ccccc5Cl)[C@@H](C2)N(CC2CC2)CC[C@]314. The van der Waals surface area contributed by atoms with Crippen LogP contribution < -0.4 is 14.8 Å². The number of Topliss-reactive ketones (excluding diaryl/α,β-unsaturated/α-hetero) is 1. The molecule has 7 heteroatoms. The molecule has 0 radical (unpaired) electrons. The Morgan fingerprint density at radius 1 is 1.24 bits per heavy atom. The standard InChI is InChI=1S/C30H31ClN2O4/c1-36-23-10-8-20-16-24-30(32-25(35)11-9-19-4-2-3-5-21(19)31)13-12-22(34)28-29(30,26(20)27(23)37-28)14-15-33(24)17-18-6-7-18/h2-5,8-11,18,24,28H,6-7,12-17H2,1H3,(H,32,35)/b11-9+/t24-,28+,29+,30-/m1/s1. The van der Waals surface area contributed by atoms with Crippen molar-refractivity contribution in [2.24, 2.45) is 5.92 Å². The summed E-state index contributed by atoms with van der Waals surface area (Å²) in [6, 6.07) is 11.7. The van der Waals surface area contributed by atoms with Crippen molar-refractivity contribution in [2.45, 2.75) is 61.6 Å². The van der Waals surface area contributed by atoms with Gasteiger partial charge in [0, 0.05) is 35.7 Å². The summed E-state index contributed by atoms with van der Waals surface area (Å²) < 4.78 is 12.2. The Labute approximate surface area is 222 Å². The number of piperidine rings is 1. The Hall–Kier alpha value is -2.83. The number of rotatable bonds is 6. The number of hydrogen-bond acceptors (Lipinski definition) is 5. The molecule has 0 unspecified atom stereocenters. The summed E-state index contributed by atoms with van der Waals surface area (Å²) >= 11 is 6.33. The van der Waals surface area contributed by atoms with Crippen LogP contribution in [0, 0.1) is 5.92 Å². The highest BCUT2D eigenvalue weighted by Crippen LogP contribution is 2.65. The molecule has 1 saturated heterocycles. The Kier molecular flexibility index (Phi) is 5.25. The van der Waals surface area contributed by atoms with Gasteiger partial charge in [-0.05, 0) is 73.9 Å². The maximum Gasteiger partial charge on any atom is 0.244 e. The fourth-order valence-electron chi connectivity index (χ4n) is 7.75. The number of ether oxygens (including phenoxy) is 2. The van der Waals surface area contributed by atoms with Crippen LogP contribution in [0.4, 0.5) is 0 Å². The van der Waals surface area contributed by atoms with Crippen molar-refractivity contribution in [3.05, 3.63) is 64.2 Å². The molecular formula is C30H31ClN2O4. The molecule has 6 nitrogen and oxygen atoms in total. The average molecular weight is 519 g/mol. The second-order valence-corrected chi connectivity index (χ2v) is 11.7. The van der Waals surface area contributed by atoms with Gasteiger partial charge in [-0.1, -0.05) is 35.9 Å². The van der Waals surface area contributed by atoms with Crippen LogP contribution in [-0.4, -0.2) is 54.5 Å². The summed E-state index contributed by atoms with van der Waals surface area (Å²) in [5, 5.41) is 4.12. The number of nitrogens with zero attached hydrogens (tertiary/aromatic N) is 1. The maximum absolute atomic E-state index is 13.6. The summed E-state index contributed by atoms with van der Waals surface area (Å²) in [5.74, 6) is 2.05. The van der Waals surface area contributed by atoms with Gasteiger partial charge in [0.05, 0.1) is 18.1 Å². The maximum atomic E-state index is 13.6. The Bertz CT molecular complexity index is 1340. The quantitative estimate of drug-likeness (QED) is 0.577. The molecule has 2 aliphatic heterocycles. The number of hydrogen-bond donors (Lipinski definition) is 1. The molecule has 3 aliphatic carbocycles. The summed E-state index contributed by atoms with van der Waals surface area (Å²) in [7, 11) is 1.64. The first-order valence-electron chi connectivity index (χ1n) is 13.4. The summed E-state index contributed by atoms with van der Waals surface area (Å²) in [6.07, 6.45) is 7.88. The number of methoxy groups -OCH3 is 1. The lowest BCUT2D eigenvalue weighted by molar-refractivity contribution is -0.148. The van der Waals surface area contributed by atoms with E-state index in [1.54, 1.807) is 19.3 Å². The van der Waals surface area contributed by atoms with E-state index in [1.165, 1.54) is 18.4 Å². The van der Waals surface area contributed by atoms with Crippen LogP contribution >= 0.6 is 11.6 Å². The van der Waals surface area contributed by atoms with E-state index >= 15 is 0 Å². The molecule has 4 atom stereocenters. The number of ketones is 1. The minimum atomic E-state index is -0.606. The molecule has 2 aromatic rings. The molecule has 2 bridgehead atoms. The lowest BCUT2D eigenvalue weighted by atomic mass is 9.47. The molecule has 37 heavy (non-hydrogen) atoms. The summed E-state index contributed by atoms with van der Waals surface area (Å²) in [4.78, 5) is 29.7. The number of amides is 1. The Balaban J connectivity index is 1.35. The van der Waals surface area contributed by atoms with Gasteiger partial charge in [-0.2, -0.15) is 0 Å². The normalized spacial score (nSPS) is 31.7. The van der Waals surface area contributed by atoms with Crippen LogP contribution in [0.5, 0.6) is 11.5 Å². The second kappa shape index (κ2) is 8.34. The van der Waals surface area contributed by atoms with E-state index in [9.17, 15) is 9.59 Å². The molecule has 5 aliphatic rings. The van der Waals surface area contributed by atoms with E-state index in [-0.39, 0.29) is 17.7 Å². The van der Waals surface area contributed by atoms with Gasteiger partial charge in [0.2, 0.25) is 5.91 Å². The van der Waals surface area contributed by atoms with Crippen LogP contribution in [-0.2, 0) is 21.4 Å². The van der Waals surface area contributed by atoms with Crippen molar-refractivity contribution in [2.75, 3.05) is 20.2 Å². The highest BCUT2D eigenvalue weighted by Gasteiger charge is 2.73. The van der Waals surface area contributed by atoms with Gasteiger partial charge < -0.3 is 14.8 Å². The molecule has 3 fully saturated rings. The molecule has 7 rings (SSSR count). The van der Waals surface area contributed by atoms with Crippen LogP contribution in [0.25, 0.3) is 6.08 Å². The lowest BCUT2D eigenvalue weighted by Gasteiger charge is -2.65. The number of carbonyl (C=O) groups excluding carboxylic acids is 2. The Morgan fingerprint density at radius 2 is 2.08 bits per heavy atom. The summed E-state index contributed by atoms with van der Waals surface area (Å²) in [5.41, 5.74) is 1.90. The Morgan fingerprint density at radius 3 is 2.86 bits per heavy atom. The average Bonchev–Trinajstić information content (AvgIpc) is 3.64. The molecule has 1 spiro atoms. The minimum absolute atomic E-state index is 0.102. The molecule has 2 heterocycles. The molecule has 0 aromatic heterocycles. The first-order chi connectivity index (χ1) is 18.0. The molecular weight excluding hydrogens is 488 g/mol. The van der Waals surface area contributed by atoms with Gasteiger partial charge in [0.25, 0.3) is 0 Å². The van der Waals surface area contributed by atoms with E-state index in [4.69, 9.17) is 21.1 Å². The van der Waals surface area contributed by atoms with Gasteiger partial charge in [-0.15, -0.1) is 0 Å². The third kappa shape index (κ3) is 3.28. The van der Waals surface area contributed by atoms with E-state index in [1.807, 2.05) is 30.3 Å². The van der Waals surface area contributed by atoms with Gasteiger partial charge in [-0.25, -0.2) is 0 Å².